The van der Waals surface area contributed by atoms with Gasteiger partial charge in [0.15, 0.2) is 5.16 Å². The molecule has 180 valence electrons. The topological polar surface area (TPSA) is 90.3 Å². The van der Waals surface area contributed by atoms with Crippen molar-refractivity contribution < 1.29 is 14.3 Å². The van der Waals surface area contributed by atoms with Crippen LogP contribution < -0.4 is 10.9 Å². The summed E-state index contributed by atoms with van der Waals surface area (Å²) in [5.41, 5.74) is 2.03. The second-order valence-electron chi connectivity index (χ2n) is 8.32. The zero-order valence-electron chi connectivity index (χ0n) is 19.7. The summed E-state index contributed by atoms with van der Waals surface area (Å²) in [6, 6.07) is 7.21. The standard InChI is InChI=1S/C25H29N3O4S2/c1-4-15(3)28-23(30)16-10-6-8-12-18(16)26-25(28)33-14-20(29)27-22-21(24(31)32-5-2)17-11-7-9-13-19(17)34-22/h6,8,10,12,15H,4-5,7,9,11,13-14H2,1-3H3,(H,27,29)/t15-/m1/s1. The third-order valence-electron chi connectivity index (χ3n) is 6.04. The minimum Gasteiger partial charge on any atom is -0.462 e. The van der Waals surface area contributed by atoms with Gasteiger partial charge in [0, 0.05) is 10.9 Å². The summed E-state index contributed by atoms with van der Waals surface area (Å²) in [6.45, 7) is 6.05. The van der Waals surface area contributed by atoms with Crippen molar-refractivity contribution in [3.8, 4) is 0 Å². The first kappa shape index (κ1) is 24.5. The van der Waals surface area contributed by atoms with Crippen molar-refractivity contribution in [1.29, 1.82) is 0 Å². The number of rotatable bonds is 8. The lowest BCUT2D eigenvalue weighted by Gasteiger charge is -2.18. The summed E-state index contributed by atoms with van der Waals surface area (Å²) in [7, 11) is 0. The predicted molar refractivity (Wildman–Crippen MR) is 137 cm³/mol. The van der Waals surface area contributed by atoms with Crippen LogP contribution in [0.25, 0.3) is 10.9 Å². The number of hydrogen-bond donors (Lipinski definition) is 1. The number of amides is 1. The number of aromatic nitrogens is 2. The van der Waals surface area contributed by atoms with Crippen molar-refractivity contribution in [2.45, 2.75) is 64.1 Å². The highest BCUT2D eigenvalue weighted by Crippen LogP contribution is 2.38. The summed E-state index contributed by atoms with van der Waals surface area (Å²) >= 11 is 2.70. The first-order chi connectivity index (χ1) is 16.4. The lowest BCUT2D eigenvalue weighted by atomic mass is 9.95. The Morgan fingerprint density at radius 3 is 2.76 bits per heavy atom. The van der Waals surface area contributed by atoms with Crippen LogP contribution in [0.3, 0.4) is 0 Å². The van der Waals surface area contributed by atoms with E-state index in [-0.39, 0.29) is 35.8 Å². The van der Waals surface area contributed by atoms with Crippen LogP contribution in [0.5, 0.6) is 0 Å². The Balaban J connectivity index is 1.58. The Labute approximate surface area is 206 Å². The van der Waals surface area contributed by atoms with Gasteiger partial charge < -0.3 is 10.1 Å². The minimum absolute atomic E-state index is 0.0467. The molecule has 0 radical (unpaired) electrons. The molecule has 7 nitrogen and oxygen atoms in total. The highest BCUT2D eigenvalue weighted by molar-refractivity contribution is 7.99. The number of thioether (sulfide) groups is 1. The summed E-state index contributed by atoms with van der Waals surface area (Å²) in [4.78, 5) is 44.6. The fourth-order valence-electron chi connectivity index (χ4n) is 4.16. The number of aryl methyl sites for hydroxylation is 1. The molecule has 1 atom stereocenters. The molecule has 3 aromatic rings. The molecule has 0 bridgehead atoms. The van der Waals surface area contributed by atoms with E-state index in [0.717, 1.165) is 42.5 Å². The number of benzene rings is 1. The van der Waals surface area contributed by atoms with E-state index in [1.54, 1.807) is 17.6 Å². The Morgan fingerprint density at radius 1 is 1.24 bits per heavy atom. The van der Waals surface area contributed by atoms with Crippen molar-refractivity contribution in [2.24, 2.45) is 0 Å². The molecular formula is C25H29N3O4S2. The van der Waals surface area contributed by atoms with Gasteiger partial charge in [0.2, 0.25) is 5.91 Å². The second-order valence-corrected chi connectivity index (χ2v) is 10.4. The molecule has 0 fully saturated rings. The molecule has 1 N–H and O–H groups in total. The highest BCUT2D eigenvalue weighted by atomic mass is 32.2. The van der Waals surface area contributed by atoms with Crippen molar-refractivity contribution in [1.82, 2.24) is 9.55 Å². The zero-order chi connectivity index (χ0) is 24.2. The Morgan fingerprint density at radius 2 is 2.00 bits per heavy atom. The van der Waals surface area contributed by atoms with Gasteiger partial charge in [0.05, 0.1) is 28.8 Å². The summed E-state index contributed by atoms with van der Waals surface area (Å²) in [5.74, 6) is -0.551. The van der Waals surface area contributed by atoms with Crippen molar-refractivity contribution in [2.75, 3.05) is 17.7 Å². The molecule has 9 heteroatoms. The van der Waals surface area contributed by atoms with E-state index in [9.17, 15) is 14.4 Å². The average molecular weight is 500 g/mol. The van der Waals surface area contributed by atoms with E-state index < -0.39 is 0 Å². The van der Waals surface area contributed by atoms with Gasteiger partial charge in [0.25, 0.3) is 5.56 Å². The number of anilines is 1. The number of carbonyl (C=O) groups excluding carboxylic acids is 2. The molecule has 2 aromatic heterocycles. The number of para-hydroxylation sites is 1. The first-order valence-corrected chi connectivity index (χ1v) is 13.5. The normalized spacial score (nSPS) is 14.0. The van der Waals surface area contributed by atoms with Crippen LogP contribution >= 0.6 is 23.1 Å². The molecule has 0 spiro atoms. The van der Waals surface area contributed by atoms with Crippen molar-refractivity contribution in [3.05, 3.63) is 50.6 Å². The largest absolute Gasteiger partial charge is 0.462 e. The van der Waals surface area contributed by atoms with Crippen LogP contribution in [0, 0.1) is 0 Å². The Bertz CT molecular complexity index is 1280. The smallest absolute Gasteiger partial charge is 0.341 e. The fourth-order valence-corrected chi connectivity index (χ4v) is 6.36. The van der Waals surface area contributed by atoms with E-state index in [4.69, 9.17) is 4.74 Å². The first-order valence-electron chi connectivity index (χ1n) is 11.7. The van der Waals surface area contributed by atoms with Gasteiger partial charge in [-0.1, -0.05) is 30.8 Å². The van der Waals surface area contributed by atoms with Gasteiger partial charge in [-0.3, -0.25) is 14.2 Å². The van der Waals surface area contributed by atoms with Gasteiger partial charge in [-0.2, -0.15) is 0 Å². The van der Waals surface area contributed by atoms with Gasteiger partial charge in [0.1, 0.15) is 5.00 Å². The van der Waals surface area contributed by atoms with E-state index in [0.29, 0.717) is 26.6 Å². The highest BCUT2D eigenvalue weighted by Gasteiger charge is 2.27. The second kappa shape index (κ2) is 10.7. The number of nitrogens with one attached hydrogen (secondary N) is 1. The zero-order valence-corrected chi connectivity index (χ0v) is 21.3. The maximum Gasteiger partial charge on any atom is 0.341 e. The van der Waals surface area contributed by atoms with E-state index in [2.05, 4.69) is 10.3 Å². The quantitative estimate of drug-likeness (QED) is 0.260. The molecule has 1 aromatic carbocycles. The van der Waals surface area contributed by atoms with E-state index >= 15 is 0 Å². The van der Waals surface area contributed by atoms with Crippen LogP contribution in [0.4, 0.5) is 5.00 Å². The van der Waals surface area contributed by atoms with Crippen LogP contribution in [0.1, 0.15) is 66.9 Å². The van der Waals surface area contributed by atoms with Crippen molar-refractivity contribution in [3.63, 3.8) is 0 Å². The molecule has 0 aliphatic heterocycles. The number of ether oxygens (including phenoxy) is 1. The third kappa shape index (κ3) is 4.90. The van der Waals surface area contributed by atoms with E-state index in [1.807, 2.05) is 32.0 Å². The fraction of sp³-hybridized carbons (Fsp3) is 0.440. The van der Waals surface area contributed by atoms with Crippen LogP contribution in [-0.2, 0) is 22.4 Å². The predicted octanol–water partition coefficient (Wildman–Crippen LogP) is 5.22. The third-order valence-corrected chi connectivity index (χ3v) is 8.20. The van der Waals surface area contributed by atoms with Crippen molar-refractivity contribution >= 4 is 50.9 Å². The number of carbonyl (C=O) groups is 2. The maximum atomic E-state index is 13.1. The molecule has 4 rings (SSSR count). The van der Waals surface area contributed by atoms with Gasteiger partial charge in [-0.15, -0.1) is 11.3 Å². The Hall–Kier alpha value is -2.65. The minimum atomic E-state index is -0.383. The molecular weight excluding hydrogens is 470 g/mol. The van der Waals surface area contributed by atoms with Gasteiger partial charge in [-0.05, 0) is 63.6 Å². The number of esters is 1. The van der Waals surface area contributed by atoms with E-state index in [1.165, 1.54) is 23.1 Å². The summed E-state index contributed by atoms with van der Waals surface area (Å²) < 4.78 is 6.95. The van der Waals surface area contributed by atoms with Crippen LogP contribution in [0.15, 0.2) is 34.2 Å². The molecule has 1 aliphatic rings. The molecule has 1 aliphatic carbocycles. The monoisotopic (exact) mass is 499 g/mol. The number of thiophene rings is 1. The molecule has 0 saturated heterocycles. The SMILES string of the molecule is CCOC(=O)c1c(NC(=O)CSc2nc3ccccc3c(=O)n2[C@H](C)CC)sc2c1CCCC2. The number of hydrogen-bond acceptors (Lipinski definition) is 7. The van der Waals surface area contributed by atoms with Gasteiger partial charge in [-0.25, -0.2) is 9.78 Å². The average Bonchev–Trinajstić information content (AvgIpc) is 3.20. The molecule has 2 heterocycles. The molecule has 0 unspecified atom stereocenters. The van der Waals surface area contributed by atoms with Crippen LogP contribution in [-0.4, -0.2) is 33.8 Å². The molecule has 1 amide bonds. The Kier molecular flexibility index (Phi) is 7.73. The summed E-state index contributed by atoms with van der Waals surface area (Å²) in [5, 5.41) is 4.58. The number of fused-ring (bicyclic) bond motifs is 2. The maximum absolute atomic E-state index is 13.1. The molecule has 34 heavy (non-hydrogen) atoms. The lowest BCUT2D eigenvalue weighted by Crippen LogP contribution is -2.26. The van der Waals surface area contributed by atoms with Gasteiger partial charge >= 0.3 is 5.97 Å². The summed E-state index contributed by atoms with van der Waals surface area (Å²) in [6.07, 6.45) is 4.62. The lowest BCUT2D eigenvalue weighted by molar-refractivity contribution is -0.113. The molecule has 0 saturated carbocycles. The van der Waals surface area contributed by atoms with Crippen LogP contribution in [0.2, 0.25) is 0 Å². The number of nitrogens with zero attached hydrogens (tertiary/aromatic N) is 2.